The van der Waals surface area contributed by atoms with Gasteiger partial charge in [0, 0.05) is 11.6 Å². The molecule has 0 saturated carbocycles. The summed E-state index contributed by atoms with van der Waals surface area (Å²) in [6.07, 6.45) is -0.637. The second-order valence-corrected chi connectivity index (χ2v) is 5.12. The van der Waals surface area contributed by atoms with Crippen molar-refractivity contribution in [2.75, 3.05) is 18.5 Å². The highest BCUT2D eigenvalue weighted by Gasteiger charge is 2.06. The maximum atomic E-state index is 9.86. The third kappa shape index (κ3) is 4.60. The fourth-order valence-corrected chi connectivity index (χ4v) is 1.94. The van der Waals surface area contributed by atoms with E-state index in [0.29, 0.717) is 22.3 Å². The van der Waals surface area contributed by atoms with Crippen LogP contribution in [0, 0.1) is 0 Å². The Hall–Kier alpha value is -1.42. The predicted octanol–water partition coefficient (Wildman–Crippen LogP) is 3.85. The van der Waals surface area contributed by atoms with E-state index >= 15 is 0 Å². The molecule has 0 amide bonds. The van der Waals surface area contributed by atoms with E-state index in [0.717, 1.165) is 5.69 Å². The second-order valence-electron chi connectivity index (χ2n) is 4.28. The largest absolute Gasteiger partial charge is 0.491 e. The van der Waals surface area contributed by atoms with Gasteiger partial charge in [-0.3, -0.25) is 0 Å². The molecule has 0 bridgehead atoms. The van der Waals surface area contributed by atoms with Gasteiger partial charge in [-0.25, -0.2) is 0 Å². The van der Waals surface area contributed by atoms with Crippen molar-refractivity contribution in [2.24, 2.45) is 0 Å². The van der Waals surface area contributed by atoms with Crippen LogP contribution >= 0.6 is 23.2 Å². The van der Waals surface area contributed by atoms with Crippen LogP contribution in [0.3, 0.4) is 0 Å². The molecule has 2 aromatic carbocycles. The molecule has 106 valence electrons. The number of rotatable bonds is 6. The average molecular weight is 312 g/mol. The van der Waals surface area contributed by atoms with Gasteiger partial charge in [-0.2, -0.15) is 0 Å². The Labute approximate surface area is 128 Å². The minimum Gasteiger partial charge on any atom is -0.491 e. The van der Waals surface area contributed by atoms with Gasteiger partial charge in [0.2, 0.25) is 0 Å². The molecule has 2 rings (SSSR count). The smallest absolute Gasteiger partial charge is 0.119 e. The lowest BCUT2D eigenvalue weighted by molar-refractivity contribution is 0.117. The molecule has 0 spiro atoms. The van der Waals surface area contributed by atoms with Crippen molar-refractivity contribution in [1.82, 2.24) is 0 Å². The summed E-state index contributed by atoms with van der Waals surface area (Å²) in [7, 11) is 0. The number of nitrogens with one attached hydrogen (secondary N) is 1. The first-order valence-electron chi connectivity index (χ1n) is 6.20. The van der Waals surface area contributed by atoms with Crippen LogP contribution in [0.1, 0.15) is 0 Å². The van der Waals surface area contributed by atoms with E-state index in [2.05, 4.69) is 5.32 Å². The summed E-state index contributed by atoms with van der Waals surface area (Å²) in [5.41, 5.74) is 0.791. The fraction of sp³-hybridized carbons (Fsp3) is 0.200. The third-order valence-electron chi connectivity index (χ3n) is 2.66. The van der Waals surface area contributed by atoms with Crippen LogP contribution in [-0.4, -0.2) is 24.4 Å². The number of para-hydroxylation sites is 1. The van der Waals surface area contributed by atoms with Gasteiger partial charge in [0.1, 0.15) is 18.5 Å². The van der Waals surface area contributed by atoms with Crippen molar-refractivity contribution in [3.8, 4) is 5.75 Å². The van der Waals surface area contributed by atoms with Crippen molar-refractivity contribution in [2.45, 2.75) is 6.10 Å². The lowest BCUT2D eigenvalue weighted by atomic mass is 10.3. The minimum atomic E-state index is -0.637. The lowest BCUT2D eigenvalue weighted by Crippen LogP contribution is -2.26. The highest BCUT2D eigenvalue weighted by molar-refractivity contribution is 6.33. The molecule has 0 radical (unpaired) electrons. The first-order valence-corrected chi connectivity index (χ1v) is 6.95. The van der Waals surface area contributed by atoms with Gasteiger partial charge < -0.3 is 15.2 Å². The molecule has 0 heterocycles. The first-order chi connectivity index (χ1) is 9.65. The number of benzene rings is 2. The van der Waals surface area contributed by atoms with E-state index in [1.807, 2.05) is 18.2 Å². The Kier molecular flexibility index (Phi) is 5.53. The summed E-state index contributed by atoms with van der Waals surface area (Å²) < 4.78 is 5.46. The van der Waals surface area contributed by atoms with Crippen molar-refractivity contribution in [3.05, 3.63) is 58.6 Å². The monoisotopic (exact) mass is 311 g/mol. The van der Waals surface area contributed by atoms with Crippen molar-refractivity contribution in [3.63, 3.8) is 0 Å². The molecular weight excluding hydrogens is 297 g/mol. The molecule has 20 heavy (non-hydrogen) atoms. The first kappa shape index (κ1) is 15.0. The normalized spacial score (nSPS) is 11.9. The zero-order chi connectivity index (χ0) is 14.4. The van der Waals surface area contributed by atoms with E-state index in [4.69, 9.17) is 27.9 Å². The quantitative estimate of drug-likeness (QED) is 0.851. The molecule has 0 saturated heterocycles. The van der Waals surface area contributed by atoms with Gasteiger partial charge in [-0.15, -0.1) is 0 Å². The van der Waals surface area contributed by atoms with E-state index in [1.54, 1.807) is 30.3 Å². The van der Waals surface area contributed by atoms with Gasteiger partial charge in [0.15, 0.2) is 0 Å². The SMILES string of the molecule is OC(CNc1ccccc1Cl)COc1ccc(Cl)cc1. The second kappa shape index (κ2) is 7.39. The standard InChI is InChI=1S/C15H15Cl2NO2/c16-11-5-7-13(8-6-11)20-10-12(19)9-18-15-4-2-1-3-14(15)17/h1-8,12,18-19H,9-10H2. The number of anilines is 1. The number of hydrogen-bond acceptors (Lipinski definition) is 3. The number of halogens is 2. The lowest BCUT2D eigenvalue weighted by Gasteiger charge is -2.14. The third-order valence-corrected chi connectivity index (χ3v) is 3.24. The molecule has 2 N–H and O–H groups in total. The topological polar surface area (TPSA) is 41.5 Å². The summed E-state index contributed by atoms with van der Waals surface area (Å²) in [6.45, 7) is 0.552. The van der Waals surface area contributed by atoms with E-state index in [-0.39, 0.29) is 6.61 Å². The number of aliphatic hydroxyl groups is 1. The predicted molar refractivity (Wildman–Crippen MR) is 82.9 cm³/mol. The summed E-state index contributed by atoms with van der Waals surface area (Å²) in [5.74, 6) is 0.672. The Bertz CT molecular complexity index is 546. The molecule has 0 fully saturated rings. The Balaban J connectivity index is 1.77. The number of ether oxygens (including phenoxy) is 1. The van der Waals surface area contributed by atoms with Gasteiger partial charge in [0.05, 0.1) is 10.7 Å². The molecule has 2 aromatic rings. The van der Waals surface area contributed by atoms with Crippen LogP contribution in [0.25, 0.3) is 0 Å². The Morgan fingerprint density at radius 2 is 1.75 bits per heavy atom. The molecule has 5 heteroatoms. The molecular formula is C15H15Cl2NO2. The van der Waals surface area contributed by atoms with Crippen molar-refractivity contribution in [1.29, 1.82) is 0 Å². The summed E-state index contributed by atoms with van der Waals surface area (Å²) in [4.78, 5) is 0. The highest BCUT2D eigenvalue weighted by Crippen LogP contribution is 2.20. The summed E-state index contributed by atoms with van der Waals surface area (Å²) >= 11 is 11.8. The maximum Gasteiger partial charge on any atom is 0.119 e. The molecule has 0 aliphatic carbocycles. The van der Waals surface area contributed by atoms with Gasteiger partial charge in [-0.05, 0) is 36.4 Å². The molecule has 0 aliphatic heterocycles. The van der Waals surface area contributed by atoms with Crippen molar-refractivity contribution < 1.29 is 9.84 Å². The van der Waals surface area contributed by atoms with Crippen LogP contribution in [0.15, 0.2) is 48.5 Å². The summed E-state index contributed by atoms with van der Waals surface area (Å²) in [5, 5.41) is 14.2. The van der Waals surface area contributed by atoms with E-state index in [1.165, 1.54) is 0 Å². The molecule has 1 unspecified atom stereocenters. The van der Waals surface area contributed by atoms with Gasteiger partial charge in [0.25, 0.3) is 0 Å². The van der Waals surface area contributed by atoms with Crippen molar-refractivity contribution >= 4 is 28.9 Å². The highest BCUT2D eigenvalue weighted by atomic mass is 35.5. The van der Waals surface area contributed by atoms with Gasteiger partial charge >= 0.3 is 0 Å². The van der Waals surface area contributed by atoms with Crippen LogP contribution in [-0.2, 0) is 0 Å². The van der Waals surface area contributed by atoms with E-state index < -0.39 is 6.10 Å². The number of aliphatic hydroxyl groups excluding tert-OH is 1. The van der Waals surface area contributed by atoms with Crippen LogP contribution in [0.4, 0.5) is 5.69 Å². The van der Waals surface area contributed by atoms with E-state index in [9.17, 15) is 5.11 Å². The molecule has 0 aliphatic rings. The zero-order valence-electron chi connectivity index (χ0n) is 10.7. The van der Waals surface area contributed by atoms with Crippen LogP contribution in [0.5, 0.6) is 5.75 Å². The molecule has 1 atom stereocenters. The average Bonchev–Trinajstić information content (AvgIpc) is 2.46. The maximum absolute atomic E-state index is 9.86. The Morgan fingerprint density at radius 1 is 1.05 bits per heavy atom. The van der Waals surface area contributed by atoms with Crippen LogP contribution in [0.2, 0.25) is 10.0 Å². The zero-order valence-corrected chi connectivity index (χ0v) is 12.2. The fourth-order valence-electron chi connectivity index (χ4n) is 1.61. The summed E-state index contributed by atoms with van der Waals surface area (Å²) in [6, 6.07) is 14.4. The minimum absolute atomic E-state index is 0.194. The van der Waals surface area contributed by atoms with Gasteiger partial charge in [-0.1, -0.05) is 35.3 Å². The number of hydrogen-bond donors (Lipinski definition) is 2. The molecule has 0 aromatic heterocycles. The Morgan fingerprint density at radius 3 is 2.45 bits per heavy atom. The van der Waals surface area contributed by atoms with Crippen LogP contribution < -0.4 is 10.1 Å². The molecule has 3 nitrogen and oxygen atoms in total.